The van der Waals surface area contributed by atoms with Crippen LogP contribution in [0.15, 0.2) is 33.4 Å². The largest absolute Gasteiger partial charge is 0.465 e. The van der Waals surface area contributed by atoms with Crippen molar-refractivity contribution in [2.75, 3.05) is 26.5 Å². The first-order chi connectivity index (χ1) is 20.6. The Morgan fingerprint density at radius 1 is 1.05 bits per heavy atom. The molecule has 236 valence electrons. The third-order valence-electron chi connectivity index (χ3n) is 7.46. The summed E-state index contributed by atoms with van der Waals surface area (Å²) in [4.78, 5) is 53.1. The molecule has 1 heterocycles. The van der Waals surface area contributed by atoms with Gasteiger partial charge in [-0.25, -0.2) is 4.63 Å². The summed E-state index contributed by atoms with van der Waals surface area (Å²) in [6, 6.07) is 5.11. The number of carbonyl (C=O) groups is 4. The highest BCUT2D eigenvalue weighted by Crippen LogP contribution is 2.36. The Hall–Kier alpha value is -3.06. The lowest BCUT2D eigenvalue weighted by molar-refractivity contribution is -0.155. The Bertz CT molecular complexity index is 1270. The molecule has 0 saturated heterocycles. The molecular weight excluding hydrogens is 592 g/mol. The standard InChI is InChI=1S/C30H42N4O7S2/c1-20(2)15-17-42-43-27(21(3)33(4)19-35)14-16-39-28(36)12-13-29(37)40-24-9-7-23(8-10-24)34(5)30(38)22-6-11-25-26(18-22)32-41-31-25/h6,11,18-20,23-24H,7-10,12-17H2,1-5H3/b27-21-. The topological polar surface area (TPSA) is 132 Å². The first kappa shape index (κ1) is 34.4. The van der Waals surface area contributed by atoms with Crippen LogP contribution in [-0.4, -0.2) is 83.0 Å². The number of carbonyl (C=O) groups excluding carboxylic acids is 4. The highest BCUT2D eigenvalue weighted by Gasteiger charge is 2.29. The number of amides is 2. The SMILES string of the molecule is C/C(=C(\CCOC(=O)CCC(=O)OC1CCC(N(C)C(=O)c2ccc3nonc3c2)CC1)SSCCC(C)C)N(C)C=O. The van der Waals surface area contributed by atoms with E-state index < -0.39 is 11.9 Å². The second kappa shape index (κ2) is 17.3. The molecule has 0 radical (unpaired) electrons. The number of rotatable bonds is 16. The van der Waals surface area contributed by atoms with Crippen LogP contribution in [0, 0.1) is 5.92 Å². The van der Waals surface area contributed by atoms with Gasteiger partial charge in [0.1, 0.15) is 17.1 Å². The Labute approximate surface area is 260 Å². The summed E-state index contributed by atoms with van der Waals surface area (Å²) >= 11 is 0. The van der Waals surface area contributed by atoms with Crippen molar-refractivity contribution in [3.05, 3.63) is 34.4 Å². The summed E-state index contributed by atoms with van der Waals surface area (Å²) in [5.41, 5.74) is 2.47. The van der Waals surface area contributed by atoms with Gasteiger partial charge < -0.3 is 19.3 Å². The fourth-order valence-corrected chi connectivity index (χ4v) is 7.37. The van der Waals surface area contributed by atoms with E-state index in [1.54, 1.807) is 58.8 Å². The number of nitrogens with zero attached hydrogens (tertiary/aromatic N) is 4. The molecule has 0 atom stereocenters. The van der Waals surface area contributed by atoms with Crippen LogP contribution in [0.4, 0.5) is 0 Å². The van der Waals surface area contributed by atoms with Gasteiger partial charge in [0.05, 0.1) is 19.4 Å². The van der Waals surface area contributed by atoms with Crippen LogP contribution < -0.4 is 0 Å². The minimum absolute atomic E-state index is 0.0317. The fourth-order valence-electron chi connectivity index (χ4n) is 4.57. The summed E-state index contributed by atoms with van der Waals surface area (Å²) < 4.78 is 15.7. The van der Waals surface area contributed by atoms with Gasteiger partial charge >= 0.3 is 11.9 Å². The smallest absolute Gasteiger partial charge is 0.306 e. The Kier molecular flexibility index (Phi) is 13.8. The maximum atomic E-state index is 13.0. The number of benzene rings is 1. The number of ether oxygens (including phenoxy) is 2. The van der Waals surface area contributed by atoms with Crippen molar-refractivity contribution < 1.29 is 33.3 Å². The molecule has 0 aliphatic heterocycles. The number of hydrogen-bond acceptors (Lipinski definition) is 11. The van der Waals surface area contributed by atoms with Crippen LogP contribution in [0.2, 0.25) is 0 Å². The van der Waals surface area contributed by atoms with E-state index in [0.29, 0.717) is 54.6 Å². The lowest BCUT2D eigenvalue weighted by Gasteiger charge is -2.34. The lowest BCUT2D eigenvalue weighted by atomic mass is 9.91. The molecule has 43 heavy (non-hydrogen) atoms. The molecule has 11 nitrogen and oxygen atoms in total. The molecule has 1 fully saturated rings. The monoisotopic (exact) mass is 634 g/mol. The molecule has 3 rings (SSSR count). The minimum Gasteiger partial charge on any atom is -0.465 e. The van der Waals surface area contributed by atoms with E-state index in [1.807, 2.05) is 6.92 Å². The van der Waals surface area contributed by atoms with Crippen molar-refractivity contribution in [3.63, 3.8) is 0 Å². The summed E-state index contributed by atoms with van der Waals surface area (Å²) in [5, 5.41) is 7.56. The summed E-state index contributed by atoms with van der Waals surface area (Å²) in [6.07, 6.45) is 4.69. The number of allylic oxidation sites excluding steroid dienone is 1. The van der Waals surface area contributed by atoms with E-state index in [1.165, 1.54) is 4.90 Å². The zero-order chi connectivity index (χ0) is 31.4. The van der Waals surface area contributed by atoms with E-state index >= 15 is 0 Å². The molecule has 1 aliphatic rings. The minimum atomic E-state index is -0.460. The summed E-state index contributed by atoms with van der Waals surface area (Å²) in [5.74, 6) is 0.604. The molecule has 13 heteroatoms. The van der Waals surface area contributed by atoms with Crippen LogP contribution in [0.3, 0.4) is 0 Å². The number of aromatic nitrogens is 2. The highest BCUT2D eigenvalue weighted by molar-refractivity contribution is 8.78. The quantitative estimate of drug-likeness (QED) is 0.0988. The van der Waals surface area contributed by atoms with Crippen LogP contribution in [0.25, 0.3) is 11.0 Å². The fraction of sp³-hybridized carbons (Fsp3) is 0.600. The maximum Gasteiger partial charge on any atom is 0.306 e. The number of esters is 2. The molecule has 1 aromatic heterocycles. The van der Waals surface area contributed by atoms with Crippen molar-refractivity contribution in [3.8, 4) is 0 Å². The molecule has 0 unspecified atom stereocenters. The van der Waals surface area contributed by atoms with Gasteiger partial charge in [0.2, 0.25) is 6.41 Å². The van der Waals surface area contributed by atoms with Gasteiger partial charge in [0, 0.05) is 48.5 Å². The van der Waals surface area contributed by atoms with Gasteiger partial charge in [-0.05, 0) is 73.5 Å². The van der Waals surface area contributed by atoms with Gasteiger partial charge in [0.25, 0.3) is 5.91 Å². The predicted octanol–water partition coefficient (Wildman–Crippen LogP) is 5.61. The van der Waals surface area contributed by atoms with Crippen molar-refractivity contribution in [2.45, 2.75) is 84.3 Å². The second-order valence-electron chi connectivity index (χ2n) is 11.1. The molecule has 1 saturated carbocycles. The number of fused-ring (bicyclic) bond motifs is 1. The second-order valence-corrected chi connectivity index (χ2v) is 13.6. The average Bonchev–Trinajstić information content (AvgIpc) is 3.48. The molecule has 0 N–H and O–H groups in total. The van der Waals surface area contributed by atoms with Crippen LogP contribution >= 0.6 is 21.6 Å². The van der Waals surface area contributed by atoms with E-state index in [4.69, 9.17) is 14.1 Å². The third-order valence-corrected chi connectivity index (χ3v) is 10.1. The van der Waals surface area contributed by atoms with Gasteiger partial charge in [-0.1, -0.05) is 35.4 Å². The van der Waals surface area contributed by atoms with Crippen molar-refractivity contribution in [1.82, 2.24) is 20.1 Å². The Morgan fingerprint density at radius 3 is 2.44 bits per heavy atom. The molecule has 0 spiro atoms. The molecule has 1 aromatic carbocycles. The van der Waals surface area contributed by atoms with E-state index in [0.717, 1.165) is 29.2 Å². The molecule has 1 aliphatic carbocycles. The van der Waals surface area contributed by atoms with E-state index in [2.05, 4.69) is 24.2 Å². The summed E-state index contributed by atoms with van der Waals surface area (Å²) in [7, 11) is 6.81. The van der Waals surface area contributed by atoms with Gasteiger partial charge in [-0.3, -0.25) is 19.2 Å². The van der Waals surface area contributed by atoms with Gasteiger partial charge in [-0.2, -0.15) is 0 Å². The normalized spacial score (nSPS) is 17.3. The van der Waals surface area contributed by atoms with Crippen molar-refractivity contribution >= 4 is 56.9 Å². The predicted molar refractivity (Wildman–Crippen MR) is 167 cm³/mol. The first-order valence-electron chi connectivity index (χ1n) is 14.6. The first-order valence-corrected chi connectivity index (χ1v) is 16.9. The maximum absolute atomic E-state index is 13.0. The molecule has 0 bridgehead atoms. The van der Waals surface area contributed by atoms with E-state index in [9.17, 15) is 19.2 Å². The molecular formula is C30H42N4O7S2. The van der Waals surface area contributed by atoms with Gasteiger partial charge in [0.15, 0.2) is 0 Å². The Balaban J connectivity index is 1.35. The van der Waals surface area contributed by atoms with Crippen LogP contribution in [0.1, 0.15) is 82.5 Å². The number of hydrogen-bond donors (Lipinski definition) is 0. The Morgan fingerprint density at radius 2 is 1.74 bits per heavy atom. The van der Waals surface area contributed by atoms with Gasteiger partial charge in [-0.15, -0.1) is 0 Å². The van der Waals surface area contributed by atoms with E-state index in [-0.39, 0.29) is 37.5 Å². The third kappa shape index (κ3) is 10.9. The zero-order valence-corrected chi connectivity index (χ0v) is 27.2. The zero-order valence-electron chi connectivity index (χ0n) is 25.6. The molecule has 2 aromatic rings. The lowest BCUT2D eigenvalue weighted by Crippen LogP contribution is -2.41. The van der Waals surface area contributed by atoms with Crippen molar-refractivity contribution in [1.29, 1.82) is 0 Å². The van der Waals surface area contributed by atoms with Crippen molar-refractivity contribution in [2.24, 2.45) is 5.92 Å². The summed E-state index contributed by atoms with van der Waals surface area (Å²) in [6.45, 7) is 6.40. The molecule has 2 amide bonds. The van der Waals surface area contributed by atoms with Crippen LogP contribution in [0.5, 0.6) is 0 Å². The average molecular weight is 635 g/mol. The van der Waals surface area contributed by atoms with Crippen LogP contribution in [-0.2, 0) is 23.9 Å². The highest BCUT2D eigenvalue weighted by atomic mass is 33.1.